The van der Waals surface area contributed by atoms with E-state index in [0.717, 1.165) is 17.8 Å². The van der Waals surface area contributed by atoms with Crippen LogP contribution in [0.5, 0.6) is 0 Å². The van der Waals surface area contributed by atoms with Gasteiger partial charge in [0.15, 0.2) is 0 Å². The van der Waals surface area contributed by atoms with Gasteiger partial charge in [-0.15, -0.1) is 0 Å². The molecule has 128 valence electrons. The summed E-state index contributed by atoms with van der Waals surface area (Å²) in [6.07, 6.45) is 9.02. The zero-order chi connectivity index (χ0) is 17.0. The van der Waals surface area contributed by atoms with Crippen LogP contribution in [-0.2, 0) is 0 Å². The number of fused-ring (bicyclic) bond motifs is 3. The Morgan fingerprint density at radius 2 is 1.87 bits per heavy atom. The highest BCUT2D eigenvalue weighted by atomic mass is 14.6. The molecule has 0 aromatic rings. The third kappa shape index (κ3) is 2.39. The van der Waals surface area contributed by atoms with Crippen molar-refractivity contribution in [1.29, 1.82) is 0 Å². The minimum atomic E-state index is 0.306. The molecule has 0 radical (unpaired) electrons. The largest absolute Gasteiger partial charge is 0.0999 e. The van der Waals surface area contributed by atoms with Gasteiger partial charge in [0.25, 0.3) is 0 Å². The predicted octanol–water partition coefficient (Wildman–Crippen LogP) is 6.94. The van der Waals surface area contributed by atoms with Gasteiger partial charge in [0, 0.05) is 0 Å². The van der Waals surface area contributed by atoms with E-state index in [2.05, 4.69) is 47.4 Å². The van der Waals surface area contributed by atoms with Crippen LogP contribution in [0.25, 0.3) is 0 Å². The van der Waals surface area contributed by atoms with E-state index >= 15 is 0 Å². The lowest BCUT2D eigenvalue weighted by Crippen LogP contribution is -2.54. The second kappa shape index (κ2) is 5.64. The fourth-order valence-electron chi connectivity index (χ4n) is 6.62. The molecule has 0 heterocycles. The lowest BCUT2D eigenvalue weighted by molar-refractivity contribution is -0.0704. The van der Waals surface area contributed by atoms with E-state index in [1.807, 2.05) is 0 Å². The maximum atomic E-state index is 4.61. The van der Waals surface area contributed by atoms with Crippen LogP contribution in [0.15, 0.2) is 36.5 Å². The van der Waals surface area contributed by atoms with E-state index in [1.165, 1.54) is 56.1 Å². The van der Waals surface area contributed by atoms with Crippen molar-refractivity contribution in [2.45, 2.75) is 72.6 Å². The fourth-order valence-corrected chi connectivity index (χ4v) is 6.62. The van der Waals surface area contributed by atoms with Crippen LogP contribution in [0.3, 0.4) is 0 Å². The van der Waals surface area contributed by atoms with Crippen LogP contribution in [0.1, 0.15) is 72.6 Å². The Labute approximate surface area is 144 Å². The number of hydrogen-bond donors (Lipinski definition) is 0. The van der Waals surface area contributed by atoms with Crippen LogP contribution in [-0.4, -0.2) is 0 Å². The molecule has 0 aromatic carbocycles. The normalized spacial score (nSPS) is 47.0. The molecule has 6 unspecified atom stereocenters. The number of rotatable bonds is 2. The molecule has 0 aromatic heterocycles. The van der Waals surface area contributed by atoms with E-state index in [4.69, 9.17) is 0 Å². The molecule has 3 rings (SSSR count). The molecule has 0 spiro atoms. The van der Waals surface area contributed by atoms with Gasteiger partial charge in [-0.05, 0) is 80.0 Å². The van der Waals surface area contributed by atoms with Gasteiger partial charge in [0.1, 0.15) is 0 Å². The zero-order valence-corrected chi connectivity index (χ0v) is 15.9. The first-order valence-corrected chi connectivity index (χ1v) is 9.74. The van der Waals surface area contributed by atoms with Crippen LogP contribution in [0.4, 0.5) is 0 Å². The Morgan fingerprint density at radius 1 is 1.17 bits per heavy atom. The molecule has 6 atom stereocenters. The van der Waals surface area contributed by atoms with Gasteiger partial charge in [-0.25, -0.2) is 0 Å². The summed E-state index contributed by atoms with van der Waals surface area (Å²) >= 11 is 0. The SMILES string of the molecule is C=C1CCC2(C)C(C1)CC(=C)C1C(CC)C(C)(C(=C)C)CCC12. The van der Waals surface area contributed by atoms with Gasteiger partial charge in [-0.1, -0.05) is 63.6 Å². The molecule has 3 aliphatic carbocycles. The predicted molar refractivity (Wildman–Crippen MR) is 101 cm³/mol. The molecule has 0 saturated heterocycles. The summed E-state index contributed by atoms with van der Waals surface area (Å²) in [4.78, 5) is 0. The van der Waals surface area contributed by atoms with E-state index in [0.29, 0.717) is 16.7 Å². The standard InChI is InChI=1S/C23H36/c1-8-19-21-17(5)14-18-13-16(4)9-11-23(18,7)20(21)10-12-22(19,6)15(2)3/h18-21H,2,4-5,8-14H2,1,3,6-7H3. The van der Waals surface area contributed by atoms with Gasteiger partial charge in [-0.3, -0.25) is 0 Å². The fraction of sp³-hybridized carbons (Fsp3) is 0.739. The first-order chi connectivity index (χ1) is 10.7. The molecule has 0 heteroatoms. The van der Waals surface area contributed by atoms with E-state index < -0.39 is 0 Å². The molecular weight excluding hydrogens is 276 g/mol. The van der Waals surface area contributed by atoms with Gasteiger partial charge in [0.05, 0.1) is 0 Å². The Morgan fingerprint density at radius 3 is 2.48 bits per heavy atom. The lowest BCUT2D eigenvalue weighted by Gasteiger charge is -2.62. The highest BCUT2D eigenvalue weighted by molar-refractivity contribution is 5.24. The lowest BCUT2D eigenvalue weighted by atomic mass is 9.43. The van der Waals surface area contributed by atoms with E-state index in [-0.39, 0.29) is 0 Å². The molecule has 0 nitrogen and oxygen atoms in total. The second-order valence-corrected chi connectivity index (χ2v) is 9.40. The summed E-state index contributed by atoms with van der Waals surface area (Å²) < 4.78 is 0. The maximum absolute atomic E-state index is 4.61. The first-order valence-electron chi connectivity index (χ1n) is 9.74. The van der Waals surface area contributed by atoms with Crippen molar-refractivity contribution in [3.8, 4) is 0 Å². The van der Waals surface area contributed by atoms with E-state index in [9.17, 15) is 0 Å². The van der Waals surface area contributed by atoms with Crippen LogP contribution < -0.4 is 0 Å². The van der Waals surface area contributed by atoms with Crippen LogP contribution >= 0.6 is 0 Å². The Balaban J connectivity index is 1.99. The van der Waals surface area contributed by atoms with Crippen molar-refractivity contribution in [2.75, 3.05) is 0 Å². The average molecular weight is 313 g/mol. The summed E-state index contributed by atoms with van der Waals surface area (Å²) in [5.74, 6) is 3.07. The third-order valence-corrected chi connectivity index (χ3v) is 8.39. The summed E-state index contributed by atoms with van der Waals surface area (Å²) in [6.45, 7) is 23.0. The Kier molecular flexibility index (Phi) is 4.18. The molecule has 0 amide bonds. The second-order valence-electron chi connectivity index (χ2n) is 9.40. The topological polar surface area (TPSA) is 0 Å². The summed E-state index contributed by atoms with van der Waals surface area (Å²) in [6, 6.07) is 0. The summed E-state index contributed by atoms with van der Waals surface area (Å²) in [5.41, 5.74) is 5.23. The molecule has 23 heavy (non-hydrogen) atoms. The van der Waals surface area contributed by atoms with Crippen molar-refractivity contribution < 1.29 is 0 Å². The van der Waals surface area contributed by atoms with Gasteiger partial charge < -0.3 is 0 Å². The van der Waals surface area contributed by atoms with Gasteiger partial charge >= 0.3 is 0 Å². The maximum Gasteiger partial charge on any atom is -0.00878 e. The van der Waals surface area contributed by atoms with Crippen molar-refractivity contribution in [3.05, 3.63) is 36.5 Å². The highest BCUT2D eigenvalue weighted by Crippen LogP contribution is 2.65. The Hall–Kier alpha value is -0.780. The summed E-state index contributed by atoms with van der Waals surface area (Å²) in [7, 11) is 0. The molecule has 3 saturated carbocycles. The quantitative estimate of drug-likeness (QED) is 0.484. The molecule has 3 fully saturated rings. The first kappa shape index (κ1) is 17.1. The van der Waals surface area contributed by atoms with Crippen LogP contribution in [0, 0.1) is 34.5 Å². The van der Waals surface area contributed by atoms with Gasteiger partial charge in [0.2, 0.25) is 0 Å². The average Bonchev–Trinajstić information content (AvgIpc) is 2.49. The molecule has 0 N–H and O–H groups in total. The zero-order valence-electron chi connectivity index (χ0n) is 15.9. The monoisotopic (exact) mass is 312 g/mol. The molecule has 3 aliphatic rings. The van der Waals surface area contributed by atoms with Crippen molar-refractivity contribution in [3.63, 3.8) is 0 Å². The highest BCUT2D eigenvalue weighted by Gasteiger charge is 2.57. The van der Waals surface area contributed by atoms with E-state index in [1.54, 1.807) is 5.57 Å². The van der Waals surface area contributed by atoms with Crippen molar-refractivity contribution in [1.82, 2.24) is 0 Å². The van der Waals surface area contributed by atoms with Crippen molar-refractivity contribution >= 4 is 0 Å². The summed E-state index contributed by atoms with van der Waals surface area (Å²) in [5, 5.41) is 0. The van der Waals surface area contributed by atoms with Crippen LogP contribution in [0.2, 0.25) is 0 Å². The smallest absolute Gasteiger partial charge is 0.00878 e. The third-order valence-electron chi connectivity index (χ3n) is 8.39. The minimum Gasteiger partial charge on any atom is -0.0999 e. The Bertz CT molecular complexity index is 538. The van der Waals surface area contributed by atoms with Crippen molar-refractivity contribution in [2.24, 2.45) is 34.5 Å². The molecule has 0 aliphatic heterocycles. The number of allylic oxidation sites excluding steroid dienone is 3. The minimum absolute atomic E-state index is 0.306. The molecule has 0 bridgehead atoms. The van der Waals surface area contributed by atoms with Gasteiger partial charge in [-0.2, -0.15) is 0 Å². The molecular formula is C23H36. The number of hydrogen-bond acceptors (Lipinski definition) is 0.